The van der Waals surface area contributed by atoms with Gasteiger partial charge in [-0.25, -0.2) is 0 Å². The minimum absolute atomic E-state index is 0.0417. The summed E-state index contributed by atoms with van der Waals surface area (Å²) < 4.78 is 0. The van der Waals surface area contributed by atoms with Gasteiger partial charge in [-0.3, -0.25) is 15.0 Å². The molecule has 0 radical (unpaired) electrons. The Balaban J connectivity index is -0.000000539. The van der Waals surface area contributed by atoms with Crippen molar-refractivity contribution in [1.29, 1.82) is 0 Å². The van der Waals surface area contributed by atoms with Gasteiger partial charge in [0.2, 0.25) is 0 Å². The first kappa shape index (κ1) is 34.2. The molecule has 1 aromatic carbocycles. The molecule has 0 aromatic heterocycles. The van der Waals surface area contributed by atoms with E-state index in [0.717, 1.165) is 12.1 Å². The summed E-state index contributed by atoms with van der Waals surface area (Å²) in [6.07, 6.45) is 9.00. The Kier molecular flexibility index (Phi) is 21.3. The summed E-state index contributed by atoms with van der Waals surface area (Å²) in [7, 11) is 0. The molecule has 1 aromatic rings. The average Bonchev–Trinajstić information content (AvgIpc) is 2.77. The van der Waals surface area contributed by atoms with Gasteiger partial charge in [-0.05, 0) is 47.1 Å². The molecule has 0 spiro atoms. The SMILES string of the molecule is C1CCCCC1.CC.CC.CC.CC(C)(C)N(Cc1ccc([N+](=O)[O-])cc1)C(C)(C)C. The van der Waals surface area contributed by atoms with Crippen LogP contribution < -0.4 is 0 Å². The normalized spacial score (nSPS) is 13.1. The fraction of sp³-hybridized carbons (Fsp3) is 0.778. The quantitative estimate of drug-likeness (QED) is 0.348. The van der Waals surface area contributed by atoms with Crippen LogP contribution in [-0.2, 0) is 6.54 Å². The molecular formula is C27H54N2O2. The Morgan fingerprint density at radius 1 is 0.710 bits per heavy atom. The molecule has 1 aliphatic carbocycles. The molecule has 1 saturated carbocycles. The van der Waals surface area contributed by atoms with Crippen LogP contribution in [-0.4, -0.2) is 20.9 Å². The minimum atomic E-state index is -0.366. The van der Waals surface area contributed by atoms with Gasteiger partial charge in [0.15, 0.2) is 0 Å². The van der Waals surface area contributed by atoms with Crippen LogP contribution in [0.25, 0.3) is 0 Å². The van der Waals surface area contributed by atoms with Crippen LogP contribution in [0.4, 0.5) is 5.69 Å². The smallest absolute Gasteiger partial charge is 0.269 e. The third kappa shape index (κ3) is 16.9. The Bertz CT molecular complexity index is 496. The van der Waals surface area contributed by atoms with Crippen LogP contribution in [0.3, 0.4) is 0 Å². The van der Waals surface area contributed by atoms with Crippen LogP contribution >= 0.6 is 0 Å². The zero-order chi connectivity index (χ0) is 25.1. The molecule has 0 atom stereocenters. The number of nitro groups is 1. The van der Waals surface area contributed by atoms with Crippen LogP contribution in [0, 0.1) is 10.1 Å². The molecule has 0 saturated heterocycles. The average molecular weight is 439 g/mol. The van der Waals surface area contributed by atoms with Crippen molar-refractivity contribution in [3.8, 4) is 0 Å². The van der Waals surface area contributed by atoms with Crippen molar-refractivity contribution in [3.63, 3.8) is 0 Å². The van der Waals surface area contributed by atoms with Crippen molar-refractivity contribution in [2.45, 2.75) is 139 Å². The second-order valence-electron chi connectivity index (χ2n) is 8.97. The van der Waals surface area contributed by atoms with E-state index < -0.39 is 0 Å². The predicted octanol–water partition coefficient (Wildman–Crippen LogP) is 9.41. The van der Waals surface area contributed by atoms with E-state index in [4.69, 9.17) is 0 Å². The summed E-state index contributed by atoms with van der Waals surface area (Å²) in [5.74, 6) is 0. The van der Waals surface area contributed by atoms with E-state index in [1.807, 2.05) is 53.7 Å². The number of nitrogens with zero attached hydrogens (tertiary/aromatic N) is 2. The first-order chi connectivity index (χ1) is 14.5. The Morgan fingerprint density at radius 2 is 1.00 bits per heavy atom. The van der Waals surface area contributed by atoms with E-state index in [2.05, 4.69) is 46.4 Å². The lowest BCUT2D eigenvalue weighted by atomic mass is 9.95. The molecule has 0 unspecified atom stereocenters. The molecule has 0 bridgehead atoms. The maximum Gasteiger partial charge on any atom is 0.269 e. The lowest BCUT2D eigenvalue weighted by Gasteiger charge is -2.45. The topological polar surface area (TPSA) is 46.4 Å². The van der Waals surface area contributed by atoms with Crippen molar-refractivity contribution in [2.24, 2.45) is 0 Å². The van der Waals surface area contributed by atoms with E-state index in [9.17, 15) is 10.1 Å². The molecule has 31 heavy (non-hydrogen) atoms. The highest BCUT2D eigenvalue weighted by Gasteiger charge is 2.31. The van der Waals surface area contributed by atoms with Gasteiger partial charge in [-0.1, -0.05) is 92.2 Å². The molecule has 4 heteroatoms. The first-order valence-corrected chi connectivity index (χ1v) is 12.5. The second kappa shape index (κ2) is 19.3. The van der Waals surface area contributed by atoms with Crippen molar-refractivity contribution in [3.05, 3.63) is 39.9 Å². The first-order valence-electron chi connectivity index (χ1n) is 12.5. The monoisotopic (exact) mass is 438 g/mol. The summed E-state index contributed by atoms with van der Waals surface area (Å²) in [5.41, 5.74) is 1.32. The van der Waals surface area contributed by atoms with E-state index >= 15 is 0 Å². The van der Waals surface area contributed by atoms with Gasteiger partial charge in [-0.15, -0.1) is 0 Å². The van der Waals surface area contributed by atoms with Crippen LogP contribution in [0.1, 0.15) is 127 Å². The number of nitro benzene ring substituents is 1. The number of hydrogen-bond acceptors (Lipinski definition) is 3. The molecule has 0 amide bonds. The largest absolute Gasteiger partial charge is 0.289 e. The number of rotatable bonds is 3. The van der Waals surface area contributed by atoms with Crippen LogP contribution in [0.5, 0.6) is 0 Å². The molecule has 184 valence electrons. The molecule has 0 heterocycles. The zero-order valence-corrected chi connectivity index (χ0v) is 23.0. The lowest BCUT2D eigenvalue weighted by molar-refractivity contribution is -0.384. The minimum Gasteiger partial charge on any atom is -0.289 e. The van der Waals surface area contributed by atoms with E-state index in [-0.39, 0.29) is 21.7 Å². The molecule has 1 aliphatic rings. The summed E-state index contributed by atoms with van der Waals surface area (Å²) in [4.78, 5) is 12.7. The van der Waals surface area contributed by atoms with E-state index in [1.165, 1.54) is 38.5 Å². The van der Waals surface area contributed by atoms with Crippen molar-refractivity contribution >= 4 is 5.69 Å². The predicted molar refractivity (Wildman–Crippen MR) is 140 cm³/mol. The van der Waals surface area contributed by atoms with Gasteiger partial charge in [0, 0.05) is 29.8 Å². The highest BCUT2D eigenvalue weighted by molar-refractivity contribution is 5.33. The molecule has 2 rings (SSSR count). The molecule has 1 fully saturated rings. The van der Waals surface area contributed by atoms with Gasteiger partial charge in [-0.2, -0.15) is 0 Å². The summed E-state index contributed by atoms with van der Waals surface area (Å²) in [6.45, 7) is 25.9. The van der Waals surface area contributed by atoms with Gasteiger partial charge in [0.25, 0.3) is 5.69 Å². The molecule has 0 aliphatic heterocycles. The van der Waals surface area contributed by atoms with Gasteiger partial charge in [0.1, 0.15) is 0 Å². The third-order valence-corrected chi connectivity index (χ3v) is 4.61. The zero-order valence-electron chi connectivity index (χ0n) is 23.0. The number of hydrogen-bond donors (Lipinski definition) is 0. The summed E-state index contributed by atoms with van der Waals surface area (Å²) >= 11 is 0. The fourth-order valence-electron chi connectivity index (χ4n) is 3.45. The van der Waals surface area contributed by atoms with E-state index in [0.29, 0.717) is 0 Å². The Hall–Kier alpha value is -1.42. The Morgan fingerprint density at radius 3 is 1.23 bits per heavy atom. The number of non-ortho nitro benzene ring substituents is 1. The second-order valence-corrected chi connectivity index (χ2v) is 8.97. The van der Waals surface area contributed by atoms with E-state index in [1.54, 1.807) is 12.1 Å². The lowest BCUT2D eigenvalue weighted by Crippen LogP contribution is -2.51. The van der Waals surface area contributed by atoms with Crippen LogP contribution in [0.15, 0.2) is 24.3 Å². The van der Waals surface area contributed by atoms with Gasteiger partial charge < -0.3 is 0 Å². The summed E-state index contributed by atoms with van der Waals surface area (Å²) in [5, 5.41) is 10.6. The summed E-state index contributed by atoms with van der Waals surface area (Å²) in [6, 6.07) is 6.81. The maximum atomic E-state index is 10.6. The standard InChI is InChI=1S/C15H24N2O2.C6H12.3C2H6/c1-14(2,3)16(15(4,5)6)11-12-7-9-13(10-8-12)17(18)19;1-2-4-6-5-3-1;3*1-2/h7-10H,11H2,1-6H3;1-6H2;3*1-2H3. The molecule has 4 nitrogen and oxygen atoms in total. The molecule has 0 N–H and O–H groups in total. The molecular weight excluding hydrogens is 384 g/mol. The van der Waals surface area contributed by atoms with Crippen LogP contribution in [0.2, 0.25) is 0 Å². The number of benzene rings is 1. The van der Waals surface area contributed by atoms with Crippen molar-refractivity contribution in [1.82, 2.24) is 4.90 Å². The fourth-order valence-corrected chi connectivity index (χ4v) is 3.45. The van der Waals surface area contributed by atoms with Crippen molar-refractivity contribution < 1.29 is 4.92 Å². The van der Waals surface area contributed by atoms with Gasteiger partial charge in [0.05, 0.1) is 4.92 Å². The highest BCUT2D eigenvalue weighted by Crippen LogP contribution is 2.27. The van der Waals surface area contributed by atoms with Crippen molar-refractivity contribution in [2.75, 3.05) is 0 Å². The van der Waals surface area contributed by atoms with Gasteiger partial charge >= 0.3 is 0 Å². The third-order valence-electron chi connectivity index (χ3n) is 4.61. The maximum absolute atomic E-state index is 10.6. The highest BCUT2D eigenvalue weighted by atomic mass is 16.6. The Labute approximate surface area is 195 Å².